The molecule has 35 heavy (non-hydrogen) atoms. The second-order valence-electron chi connectivity index (χ2n) is 8.21. The Bertz CT molecular complexity index is 1480. The number of nitro benzene ring substituents is 1. The van der Waals surface area contributed by atoms with Crippen LogP contribution in [0.1, 0.15) is 31.8 Å². The summed E-state index contributed by atoms with van der Waals surface area (Å²) in [7, 11) is 0. The highest BCUT2D eigenvalue weighted by atomic mass is 32.2. The molecule has 1 N–H and O–H groups in total. The predicted molar refractivity (Wildman–Crippen MR) is 137 cm³/mol. The molecule has 0 aliphatic heterocycles. The maximum atomic E-state index is 12.9. The van der Waals surface area contributed by atoms with E-state index in [1.54, 1.807) is 18.2 Å². The first kappa shape index (κ1) is 22.6. The zero-order valence-electron chi connectivity index (χ0n) is 18.6. The fourth-order valence-electron chi connectivity index (χ4n) is 4.18. The number of nitro groups is 1. The van der Waals surface area contributed by atoms with Gasteiger partial charge in [-0.2, -0.15) is 0 Å². The zero-order chi connectivity index (χ0) is 24.4. The topological polar surface area (TPSA) is 89.3 Å². The van der Waals surface area contributed by atoms with Crippen LogP contribution in [0.2, 0.25) is 0 Å². The third kappa shape index (κ3) is 4.85. The number of fused-ring (bicyclic) bond motifs is 3. The molecule has 5 rings (SSSR count). The zero-order valence-corrected chi connectivity index (χ0v) is 19.4. The summed E-state index contributed by atoms with van der Waals surface area (Å²) in [4.78, 5) is 36.7. The Morgan fingerprint density at radius 1 is 0.829 bits per heavy atom. The van der Waals surface area contributed by atoms with Crippen molar-refractivity contribution in [2.24, 2.45) is 0 Å². The second-order valence-corrected chi connectivity index (χ2v) is 9.26. The first-order valence-corrected chi connectivity index (χ1v) is 12.0. The molecule has 0 radical (unpaired) electrons. The van der Waals surface area contributed by atoms with Gasteiger partial charge in [0.15, 0.2) is 5.78 Å². The molecule has 0 saturated heterocycles. The van der Waals surface area contributed by atoms with Crippen molar-refractivity contribution >= 4 is 34.8 Å². The molecule has 6 nitrogen and oxygen atoms in total. The van der Waals surface area contributed by atoms with Crippen LogP contribution >= 0.6 is 11.8 Å². The largest absolute Gasteiger partial charge is 0.322 e. The molecule has 0 fully saturated rings. The van der Waals surface area contributed by atoms with Crippen molar-refractivity contribution in [2.45, 2.75) is 11.3 Å². The molecular formula is C28H20N2O4S. The molecule has 1 aliphatic carbocycles. The highest BCUT2D eigenvalue weighted by molar-refractivity contribution is 8.00. The molecule has 4 aromatic carbocycles. The summed E-state index contributed by atoms with van der Waals surface area (Å²) in [6, 6.07) is 27.0. The smallest absolute Gasteiger partial charge is 0.270 e. The number of ketones is 1. The van der Waals surface area contributed by atoms with Crippen LogP contribution in [0.15, 0.2) is 95.9 Å². The van der Waals surface area contributed by atoms with E-state index in [1.165, 1.54) is 58.3 Å². The number of non-ortho nitro benzene ring substituents is 1. The van der Waals surface area contributed by atoms with E-state index in [9.17, 15) is 19.7 Å². The maximum absolute atomic E-state index is 12.9. The summed E-state index contributed by atoms with van der Waals surface area (Å²) in [5.74, 6) is -0.126. The molecule has 0 bridgehead atoms. The van der Waals surface area contributed by atoms with E-state index in [0.29, 0.717) is 11.3 Å². The van der Waals surface area contributed by atoms with Gasteiger partial charge in [0.05, 0.1) is 10.7 Å². The van der Waals surface area contributed by atoms with Crippen LogP contribution in [0.5, 0.6) is 0 Å². The minimum absolute atomic E-state index is 0.0415. The first-order chi connectivity index (χ1) is 17.0. The number of hydrogen-bond donors (Lipinski definition) is 1. The van der Waals surface area contributed by atoms with Crippen molar-refractivity contribution in [1.82, 2.24) is 0 Å². The quantitative estimate of drug-likeness (QED) is 0.126. The Morgan fingerprint density at radius 3 is 2.49 bits per heavy atom. The molecule has 0 saturated carbocycles. The summed E-state index contributed by atoms with van der Waals surface area (Å²) < 4.78 is 0. The van der Waals surface area contributed by atoms with Crippen LogP contribution in [0.4, 0.5) is 11.4 Å². The molecule has 7 heteroatoms. The van der Waals surface area contributed by atoms with E-state index in [-0.39, 0.29) is 22.8 Å². The van der Waals surface area contributed by atoms with Crippen molar-refractivity contribution in [2.75, 3.05) is 11.1 Å². The summed E-state index contributed by atoms with van der Waals surface area (Å²) in [5.41, 5.74) is 6.19. The fraction of sp³-hybridized carbons (Fsp3) is 0.0714. The lowest BCUT2D eigenvalue weighted by molar-refractivity contribution is -0.384. The number of benzene rings is 4. The van der Waals surface area contributed by atoms with Gasteiger partial charge < -0.3 is 5.32 Å². The molecule has 0 aromatic heterocycles. The Labute approximate surface area is 206 Å². The number of nitrogens with one attached hydrogen (secondary N) is 1. The van der Waals surface area contributed by atoms with Crippen LogP contribution in [0.25, 0.3) is 11.1 Å². The van der Waals surface area contributed by atoms with Crippen LogP contribution in [-0.4, -0.2) is 22.4 Å². The van der Waals surface area contributed by atoms with Crippen LogP contribution < -0.4 is 5.32 Å². The molecule has 1 aliphatic rings. The van der Waals surface area contributed by atoms with E-state index >= 15 is 0 Å². The lowest BCUT2D eigenvalue weighted by Gasteiger charge is -2.08. The second kappa shape index (κ2) is 9.56. The lowest BCUT2D eigenvalue weighted by Crippen LogP contribution is -2.12. The van der Waals surface area contributed by atoms with Crippen molar-refractivity contribution in [3.8, 4) is 11.1 Å². The number of anilines is 1. The lowest BCUT2D eigenvalue weighted by atomic mass is 10.0. The first-order valence-electron chi connectivity index (χ1n) is 11.0. The molecule has 4 aromatic rings. The van der Waals surface area contributed by atoms with Crippen molar-refractivity contribution in [3.63, 3.8) is 0 Å². The summed E-state index contributed by atoms with van der Waals surface area (Å²) >= 11 is 1.40. The van der Waals surface area contributed by atoms with Gasteiger partial charge in [0.25, 0.3) is 11.6 Å². The Hall–Kier alpha value is -4.23. The average Bonchev–Trinajstić information content (AvgIpc) is 3.25. The van der Waals surface area contributed by atoms with E-state index in [1.807, 2.05) is 36.4 Å². The minimum Gasteiger partial charge on any atom is -0.322 e. The van der Waals surface area contributed by atoms with Crippen molar-refractivity contribution in [1.29, 1.82) is 0 Å². The SMILES string of the molecule is O=C(CSc1cccc(NC(=O)c2cccc([N+](=O)[O-])c2)c1)c1ccc2c(c1)Cc1ccccc1-2. The van der Waals surface area contributed by atoms with E-state index in [0.717, 1.165) is 11.3 Å². The number of Topliss-reactive ketones (excluding diaryl/α,β-unsaturated/α-hetero) is 1. The highest BCUT2D eigenvalue weighted by Crippen LogP contribution is 2.37. The number of carbonyl (C=O) groups excluding carboxylic acids is 2. The van der Waals surface area contributed by atoms with Gasteiger partial charge in [0, 0.05) is 33.8 Å². The molecule has 0 spiro atoms. The summed E-state index contributed by atoms with van der Waals surface area (Å²) in [6.45, 7) is 0. The Morgan fingerprint density at radius 2 is 1.63 bits per heavy atom. The van der Waals surface area contributed by atoms with E-state index in [2.05, 4.69) is 17.4 Å². The van der Waals surface area contributed by atoms with Crippen LogP contribution in [-0.2, 0) is 6.42 Å². The molecular weight excluding hydrogens is 460 g/mol. The van der Waals surface area contributed by atoms with Crippen LogP contribution in [0, 0.1) is 10.1 Å². The van der Waals surface area contributed by atoms with Gasteiger partial charge in [-0.1, -0.05) is 48.5 Å². The van der Waals surface area contributed by atoms with E-state index < -0.39 is 10.8 Å². The number of hydrogen-bond acceptors (Lipinski definition) is 5. The maximum Gasteiger partial charge on any atom is 0.270 e. The summed E-state index contributed by atoms with van der Waals surface area (Å²) in [5, 5.41) is 13.7. The number of carbonyl (C=O) groups is 2. The van der Waals surface area contributed by atoms with Crippen molar-refractivity contribution in [3.05, 3.63) is 123 Å². The predicted octanol–water partition coefficient (Wildman–Crippen LogP) is 6.39. The van der Waals surface area contributed by atoms with Gasteiger partial charge in [-0.15, -0.1) is 11.8 Å². The summed E-state index contributed by atoms with van der Waals surface area (Å²) in [6.07, 6.45) is 0.839. The minimum atomic E-state index is -0.537. The normalized spacial score (nSPS) is 11.4. The molecule has 0 heterocycles. The monoisotopic (exact) mass is 480 g/mol. The Balaban J connectivity index is 1.23. The molecule has 0 unspecified atom stereocenters. The highest BCUT2D eigenvalue weighted by Gasteiger charge is 2.19. The standard InChI is InChI=1S/C28H20N2O4S/c31-27(19-11-12-26-21(14-19)13-18-5-1-2-10-25(18)26)17-35-24-9-4-7-22(16-24)29-28(32)20-6-3-8-23(15-20)30(33)34/h1-12,14-16H,13,17H2,(H,29,32). The van der Waals surface area contributed by atoms with Gasteiger partial charge >= 0.3 is 0 Å². The third-order valence-corrected chi connectivity index (χ3v) is 6.89. The molecule has 172 valence electrons. The number of thioether (sulfide) groups is 1. The van der Waals surface area contributed by atoms with Gasteiger partial charge in [0.2, 0.25) is 0 Å². The van der Waals surface area contributed by atoms with Crippen LogP contribution in [0.3, 0.4) is 0 Å². The fourth-order valence-corrected chi connectivity index (χ4v) is 5.03. The Kier molecular flexibility index (Phi) is 6.16. The van der Waals surface area contributed by atoms with Gasteiger partial charge in [-0.3, -0.25) is 19.7 Å². The third-order valence-electron chi connectivity index (χ3n) is 5.90. The number of amides is 1. The van der Waals surface area contributed by atoms with Crippen molar-refractivity contribution < 1.29 is 14.5 Å². The van der Waals surface area contributed by atoms with Gasteiger partial charge in [-0.25, -0.2) is 0 Å². The van der Waals surface area contributed by atoms with Gasteiger partial charge in [0.1, 0.15) is 0 Å². The average molecular weight is 481 g/mol. The van der Waals surface area contributed by atoms with Gasteiger partial charge in [-0.05, 0) is 59.0 Å². The molecule has 0 atom stereocenters. The number of nitrogens with zero attached hydrogens (tertiary/aromatic N) is 1. The van der Waals surface area contributed by atoms with E-state index in [4.69, 9.17) is 0 Å². The molecule has 1 amide bonds. The number of rotatable bonds is 7.